The molecule has 0 aliphatic carbocycles. The van der Waals surface area contributed by atoms with E-state index in [0.717, 1.165) is 10.2 Å². The molecule has 2 heteroatoms. The highest BCUT2D eigenvalue weighted by atomic mass is 79.9. The Morgan fingerprint density at radius 3 is 1.36 bits per heavy atom. The minimum Gasteiger partial charge on any atom is -0.310 e. The highest BCUT2D eigenvalue weighted by Gasteiger charge is 2.46. The van der Waals surface area contributed by atoms with Crippen molar-refractivity contribution in [1.82, 2.24) is 0 Å². The summed E-state index contributed by atoms with van der Waals surface area (Å²) in [5, 5.41) is 0. The summed E-state index contributed by atoms with van der Waals surface area (Å²) < 4.78 is 1.08. The van der Waals surface area contributed by atoms with Crippen LogP contribution in [0, 0.1) is 0 Å². The SMILES string of the molecule is Brc1ccc(N2c3ccccc3C(c3ccccc3)(c3ccccc3)c3ccccc32)cc1. The summed E-state index contributed by atoms with van der Waals surface area (Å²) in [6, 6.07) is 48.0. The van der Waals surface area contributed by atoms with Gasteiger partial charge in [0, 0.05) is 10.2 Å². The van der Waals surface area contributed by atoms with Gasteiger partial charge in [0.2, 0.25) is 0 Å². The van der Waals surface area contributed by atoms with E-state index >= 15 is 0 Å². The average molecular weight is 488 g/mol. The molecule has 0 aromatic heterocycles. The number of anilines is 3. The first-order chi connectivity index (χ1) is 16.3. The highest BCUT2D eigenvalue weighted by Crippen LogP contribution is 2.57. The normalized spacial score (nSPS) is 13.8. The monoisotopic (exact) mass is 487 g/mol. The van der Waals surface area contributed by atoms with Gasteiger partial charge in [-0.25, -0.2) is 0 Å². The second kappa shape index (κ2) is 8.06. The predicted molar refractivity (Wildman–Crippen MR) is 141 cm³/mol. The van der Waals surface area contributed by atoms with Crippen molar-refractivity contribution >= 4 is 33.0 Å². The van der Waals surface area contributed by atoms with Crippen LogP contribution in [0.25, 0.3) is 0 Å². The lowest BCUT2D eigenvalue weighted by atomic mass is 9.62. The van der Waals surface area contributed by atoms with E-state index in [1.54, 1.807) is 0 Å². The Hall–Kier alpha value is -3.62. The van der Waals surface area contributed by atoms with E-state index in [4.69, 9.17) is 0 Å². The molecule has 1 aliphatic heterocycles. The van der Waals surface area contributed by atoms with Gasteiger partial charge in [0.25, 0.3) is 0 Å². The molecule has 5 aromatic rings. The lowest BCUT2D eigenvalue weighted by molar-refractivity contribution is 0.731. The van der Waals surface area contributed by atoms with Crippen LogP contribution in [0.5, 0.6) is 0 Å². The number of rotatable bonds is 3. The molecule has 0 unspecified atom stereocenters. The minimum absolute atomic E-state index is 0.415. The fourth-order valence-electron chi connectivity index (χ4n) is 5.28. The molecule has 0 amide bonds. The Balaban J connectivity index is 1.76. The van der Waals surface area contributed by atoms with Crippen LogP contribution in [-0.4, -0.2) is 0 Å². The van der Waals surface area contributed by atoms with E-state index < -0.39 is 5.41 Å². The number of hydrogen-bond acceptors (Lipinski definition) is 1. The molecule has 0 bridgehead atoms. The van der Waals surface area contributed by atoms with Gasteiger partial charge in [-0.05, 0) is 58.7 Å². The van der Waals surface area contributed by atoms with Gasteiger partial charge < -0.3 is 4.90 Å². The number of hydrogen-bond donors (Lipinski definition) is 0. The summed E-state index contributed by atoms with van der Waals surface area (Å²) in [6.07, 6.45) is 0. The molecule has 0 saturated heterocycles. The molecule has 0 N–H and O–H groups in total. The predicted octanol–water partition coefficient (Wildman–Crippen LogP) is 8.62. The molecule has 0 atom stereocenters. The fraction of sp³-hybridized carbons (Fsp3) is 0.0323. The molecule has 1 heterocycles. The van der Waals surface area contributed by atoms with Gasteiger partial charge in [-0.15, -0.1) is 0 Å². The molecule has 5 aromatic carbocycles. The van der Waals surface area contributed by atoms with Crippen molar-refractivity contribution in [2.45, 2.75) is 5.41 Å². The smallest absolute Gasteiger partial charge is 0.0742 e. The fourth-order valence-corrected chi connectivity index (χ4v) is 5.54. The van der Waals surface area contributed by atoms with Crippen LogP contribution in [0.15, 0.2) is 138 Å². The zero-order valence-corrected chi connectivity index (χ0v) is 19.6. The largest absolute Gasteiger partial charge is 0.310 e. The lowest BCUT2D eigenvalue weighted by Gasteiger charge is -2.46. The summed E-state index contributed by atoms with van der Waals surface area (Å²) in [6.45, 7) is 0. The van der Waals surface area contributed by atoms with E-state index in [2.05, 4.69) is 154 Å². The zero-order chi connectivity index (χ0) is 22.3. The maximum Gasteiger partial charge on any atom is 0.0742 e. The quantitative estimate of drug-likeness (QED) is 0.241. The molecule has 0 spiro atoms. The topological polar surface area (TPSA) is 3.24 Å². The Morgan fingerprint density at radius 2 is 0.879 bits per heavy atom. The van der Waals surface area contributed by atoms with Crippen LogP contribution in [0.2, 0.25) is 0 Å². The van der Waals surface area contributed by atoms with Crippen LogP contribution in [0.3, 0.4) is 0 Å². The van der Waals surface area contributed by atoms with E-state index in [1.165, 1.54) is 33.6 Å². The van der Waals surface area contributed by atoms with Gasteiger partial charge in [-0.3, -0.25) is 0 Å². The summed E-state index contributed by atoms with van der Waals surface area (Å²) >= 11 is 3.59. The van der Waals surface area contributed by atoms with Crippen molar-refractivity contribution in [3.05, 3.63) is 160 Å². The first-order valence-electron chi connectivity index (χ1n) is 11.2. The van der Waals surface area contributed by atoms with Gasteiger partial charge in [-0.2, -0.15) is 0 Å². The molecule has 6 rings (SSSR count). The molecule has 158 valence electrons. The Labute approximate surface area is 203 Å². The van der Waals surface area contributed by atoms with Crippen molar-refractivity contribution in [2.24, 2.45) is 0 Å². The summed E-state index contributed by atoms with van der Waals surface area (Å²) in [5.74, 6) is 0. The molecule has 1 aliphatic rings. The Bertz CT molecular complexity index is 1320. The van der Waals surface area contributed by atoms with E-state index in [1.807, 2.05) is 0 Å². The van der Waals surface area contributed by atoms with E-state index in [9.17, 15) is 0 Å². The summed E-state index contributed by atoms with van der Waals surface area (Å²) in [7, 11) is 0. The van der Waals surface area contributed by atoms with Crippen molar-refractivity contribution in [3.63, 3.8) is 0 Å². The van der Waals surface area contributed by atoms with Crippen molar-refractivity contribution in [1.29, 1.82) is 0 Å². The van der Waals surface area contributed by atoms with E-state index in [0.29, 0.717) is 0 Å². The van der Waals surface area contributed by atoms with Gasteiger partial charge >= 0.3 is 0 Å². The molecule has 0 radical (unpaired) electrons. The third-order valence-electron chi connectivity index (χ3n) is 6.60. The summed E-state index contributed by atoms with van der Waals surface area (Å²) in [5.41, 5.74) is 8.23. The van der Waals surface area contributed by atoms with Crippen LogP contribution in [0.4, 0.5) is 17.1 Å². The molecular weight excluding hydrogens is 466 g/mol. The van der Waals surface area contributed by atoms with Crippen molar-refractivity contribution in [3.8, 4) is 0 Å². The van der Waals surface area contributed by atoms with Gasteiger partial charge in [0.1, 0.15) is 0 Å². The third kappa shape index (κ3) is 3.06. The van der Waals surface area contributed by atoms with Gasteiger partial charge in [0.05, 0.1) is 16.8 Å². The third-order valence-corrected chi connectivity index (χ3v) is 7.13. The van der Waals surface area contributed by atoms with Crippen LogP contribution in [-0.2, 0) is 5.41 Å². The standard InChI is InChI=1S/C31H22BrN/c32-25-19-21-26(22-20-25)33-29-17-9-7-15-27(29)31(23-11-3-1-4-12-23,24-13-5-2-6-14-24)28-16-8-10-18-30(28)33/h1-22H. The van der Waals surface area contributed by atoms with Crippen LogP contribution in [0.1, 0.15) is 22.3 Å². The minimum atomic E-state index is -0.415. The van der Waals surface area contributed by atoms with Crippen molar-refractivity contribution in [2.75, 3.05) is 4.90 Å². The number of nitrogens with zero attached hydrogens (tertiary/aromatic N) is 1. The lowest BCUT2D eigenvalue weighted by Crippen LogP contribution is -2.37. The first kappa shape index (κ1) is 20.0. The van der Waals surface area contributed by atoms with Crippen LogP contribution < -0.4 is 4.90 Å². The second-order valence-corrected chi connectivity index (χ2v) is 9.24. The van der Waals surface area contributed by atoms with Gasteiger partial charge in [-0.1, -0.05) is 113 Å². The van der Waals surface area contributed by atoms with Crippen molar-refractivity contribution < 1.29 is 0 Å². The van der Waals surface area contributed by atoms with Crippen LogP contribution >= 0.6 is 15.9 Å². The average Bonchev–Trinajstić information content (AvgIpc) is 2.89. The molecule has 1 nitrogen and oxygen atoms in total. The first-order valence-corrected chi connectivity index (χ1v) is 12.0. The number of para-hydroxylation sites is 2. The second-order valence-electron chi connectivity index (χ2n) is 8.33. The summed E-state index contributed by atoms with van der Waals surface area (Å²) in [4.78, 5) is 2.39. The molecule has 0 saturated carbocycles. The highest BCUT2D eigenvalue weighted by molar-refractivity contribution is 9.10. The molecule has 0 fully saturated rings. The zero-order valence-electron chi connectivity index (χ0n) is 18.0. The van der Waals surface area contributed by atoms with Gasteiger partial charge in [0.15, 0.2) is 0 Å². The number of halogens is 1. The number of fused-ring (bicyclic) bond motifs is 2. The molecule has 33 heavy (non-hydrogen) atoms. The maximum absolute atomic E-state index is 3.59. The Kier molecular flexibility index (Phi) is 4.89. The maximum atomic E-state index is 3.59. The number of benzene rings is 5. The molecular formula is C31H22BrN. The van der Waals surface area contributed by atoms with E-state index in [-0.39, 0.29) is 0 Å². The Morgan fingerprint density at radius 1 is 0.455 bits per heavy atom.